The molecule has 0 aliphatic carbocycles. The third-order valence-electron chi connectivity index (χ3n) is 3.69. The van der Waals surface area contributed by atoms with Crippen LogP contribution in [0.25, 0.3) is 17.2 Å². The number of hydrogen-bond acceptors (Lipinski definition) is 5. The lowest BCUT2D eigenvalue weighted by molar-refractivity contribution is 0.798. The minimum Gasteiger partial charge on any atom is -0.293 e. The highest BCUT2D eigenvalue weighted by molar-refractivity contribution is 6.31. The summed E-state index contributed by atoms with van der Waals surface area (Å²) in [5.74, 6) is 0.872. The summed E-state index contributed by atoms with van der Waals surface area (Å²) in [6.45, 7) is 0. The molecule has 0 saturated carbocycles. The summed E-state index contributed by atoms with van der Waals surface area (Å²) < 4.78 is 1.37. The number of nitrogens with one attached hydrogen (secondary N) is 2. The quantitative estimate of drug-likeness (QED) is 0.583. The van der Waals surface area contributed by atoms with E-state index in [0.29, 0.717) is 28.6 Å². The van der Waals surface area contributed by atoms with Gasteiger partial charge in [-0.2, -0.15) is 5.21 Å². The zero-order valence-corrected chi connectivity index (χ0v) is 13.6. The number of H-pyrrole nitrogens is 2. The molecule has 1 aromatic carbocycles. The predicted octanol–water partition coefficient (Wildman–Crippen LogP) is 1.98. The number of pyridine rings is 1. The number of benzene rings is 1. The number of nitrogens with zero attached hydrogens (tertiary/aromatic N) is 5. The average Bonchev–Trinajstić information content (AvgIpc) is 3.27. The second-order valence-corrected chi connectivity index (χ2v) is 5.77. The molecule has 0 amide bonds. The molecule has 0 atom stereocenters. The van der Waals surface area contributed by atoms with Crippen LogP contribution in [-0.2, 0) is 6.42 Å². The topological polar surface area (TPSA) is 105 Å². The zero-order chi connectivity index (χ0) is 17.2. The Bertz CT molecular complexity index is 1070. The fourth-order valence-corrected chi connectivity index (χ4v) is 2.72. The van der Waals surface area contributed by atoms with Crippen molar-refractivity contribution in [2.45, 2.75) is 6.42 Å². The van der Waals surface area contributed by atoms with Gasteiger partial charge in [0.25, 0.3) is 5.56 Å². The van der Waals surface area contributed by atoms with Gasteiger partial charge in [0.2, 0.25) is 5.82 Å². The number of aromatic nitrogens is 7. The molecule has 3 heterocycles. The van der Waals surface area contributed by atoms with Gasteiger partial charge in [-0.15, -0.1) is 10.2 Å². The van der Waals surface area contributed by atoms with Crippen LogP contribution in [0.3, 0.4) is 0 Å². The Kier molecular flexibility index (Phi) is 3.87. The summed E-state index contributed by atoms with van der Waals surface area (Å²) in [6, 6.07) is 12.5. The van der Waals surface area contributed by atoms with Crippen molar-refractivity contribution in [1.82, 2.24) is 35.4 Å². The minimum atomic E-state index is -0.209. The second-order valence-electron chi connectivity index (χ2n) is 5.36. The van der Waals surface area contributed by atoms with Crippen LogP contribution in [0.5, 0.6) is 0 Å². The van der Waals surface area contributed by atoms with Gasteiger partial charge < -0.3 is 0 Å². The summed E-state index contributed by atoms with van der Waals surface area (Å²) in [5.41, 5.74) is 2.17. The molecule has 0 aliphatic heterocycles. The van der Waals surface area contributed by atoms with Crippen molar-refractivity contribution in [2.75, 3.05) is 0 Å². The van der Waals surface area contributed by atoms with Crippen molar-refractivity contribution >= 4 is 11.6 Å². The van der Waals surface area contributed by atoms with Gasteiger partial charge in [0.1, 0.15) is 0 Å². The number of tetrazole rings is 1. The Hall–Kier alpha value is -3.26. The molecule has 9 heteroatoms. The molecule has 4 rings (SSSR count). The SMILES string of the molecule is O=c1cc(Cc2ccccc2Cl)[nH]n1-c1cc(-c2nn[nH]n2)ccn1. The zero-order valence-electron chi connectivity index (χ0n) is 12.8. The summed E-state index contributed by atoms with van der Waals surface area (Å²) >= 11 is 6.18. The fourth-order valence-electron chi connectivity index (χ4n) is 2.52. The highest BCUT2D eigenvalue weighted by Crippen LogP contribution is 2.18. The maximum absolute atomic E-state index is 12.3. The van der Waals surface area contributed by atoms with Gasteiger partial charge in [0, 0.05) is 35.0 Å². The highest BCUT2D eigenvalue weighted by Gasteiger charge is 2.11. The van der Waals surface area contributed by atoms with E-state index in [0.717, 1.165) is 11.3 Å². The predicted molar refractivity (Wildman–Crippen MR) is 91.6 cm³/mol. The van der Waals surface area contributed by atoms with Crippen LogP contribution < -0.4 is 5.56 Å². The van der Waals surface area contributed by atoms with Gasteiger partial charge in [-0.1, -0.05) is 29.8 Å². The monoisotopic (exact) mass is 353 g/mol. The summed E-state index contributed by atoms with van der Waals surface area (Å²) in [6.07, 6.45) is 2.11. The molecular formula is C16H12ClN7O. The van der Waals surface area contributed by atoms with Gasteiger partial charge in [0.05, 0.1) is 0 Å². The molecule has 0 fully saturated rings. The smallest absolute Gasteiger partial charge is 0.272 e. The van der Waals surface area contributed by atoms with E-state index >= 15 is 0 Å². The van der Waals surface area contributed by atoms with Gasteiger partial charge in [-0.25, -0.2) is 9.67 Å². The standard InChI is InChI=1S/C16H12ClN7O/c17-13-4-2-1-3-10(13)7-12-9-15(25)24(21-12)14-8-11(5-6-18-14)16-19-22-23-20-16/h1-6,8-9,21H,7H2,(H,19,20,22,23). The van der Waals surface area contributed by atoms with Crippen LogP contribution in [-0.4, -0.2) is 35.4 Å². The van der Waals surface area contributed by atoms with Gasteiger partial charge in [-0.3, -0.25) is 9.89 Å². The lowest BCUT2D eigenvalue weighted by atomic mass is 10.1. The minimum absolute atomic E-state index is 0.209. The Balaban J connectivity index is 1.68. The van der Waals surface area contributed by atoms with E-state index in [2.05, 4.69) is 30.7 Å². The largest absolute Gasteiger partial charge is 0.293 e. The molecule has 2 N–H and O–H groups in total. The maximum Gasteiger partial charge on any atom is 0.272 e. The first kappa shape index (κ1) is 15.3. The summed E-state index contributed by atoms with van der Waals surface area (Å²) in [7, 11) is 0. The molecule has 0 aliphatic rings. The van der Waals surface area contributed by atoms with E-state index in [1.54, 1.807) is 18.3 Å². The number of halogens is 1. The van der Waals surface area contributed by atoms with E-state index in [1.807, 2.05) is 24.3 Å². The number of hydrogen-bond donors (Lipinski definition) is 2. The molecule has 0 spiro atoms. The van der Waals surface area contributed by atoms with Crippen molar-refractivity contribution in [3.8, 4) is 17.2 Å². The highest BCUT2D eigenvalue weighted by atomic mass is 35.5. The lowest BCUT2D eigenvalue weighted by Gasteiger charge is -2.04. The Morgan fingerprint density at radius 1 is 1.16 bits per heavy atom. The van der Waals surface area contributed by atoms with Crippen molar-refractivity contribution in [2.24, 2.45) is 0 Å². The van der Waals surface area contributed by atoms with Crippen LogP contribution >= 0.6 is 11.6 Å². The van der Waals surface area contributed by atoms with E-state index in [-0.39, 0.29) is 5.56 Å². The van der Waals surface area contributed by atoms with Crippen molar-refractivity contribution in [3.05, 3.63) is 75.3 Å². The number of aromatic amines is 2. The number of rotatable bonds is 4. The fraction of sp³-hybridized carbons (Fsp3) is 0.0625. The molecule has 0 bridgehead atoms. The van der Waals surface area contributed by atoms with E-state index in [9.17, 15) is 4.79 Å². The average molecular weight is 354 g/mol. The summed E-state index contributed by atoms with van der Waals surface area (Å²) in [5, 5.41) is 17.5. The molecule has 3 aromatic heterocycles. The summed E-state index contributed by atoms with van der Waals surface area (Å²) in [4.78, 5) is 16.6. The van der Waals surface area contributed by atoms with Gasteiger partial charge >= 0.3 is 0 Å². The Morgan fingerprint density at radius 2 is 2.04 bits per heavy atom. The van der Waals surface area contributed by atoms with E-state index < -0.39 is 0 Å². The third kappa shape index (κ3) is 3.07. The first-order chi connectivity index (χ1) is 12.2. The van der Waals surface area contributed by atoms with E-state index in [4.69, 9.17) is 11.6 Å². The normalized spacial score (nSPS) is 10.9. The van der Waals surface area contributed by atoms with Crippen LogP contribution in [0, 0.1) is 0 Å². The van der Waals surface area contributed by atoms with E-state index in [1.165, 1.54) is 10.7 Å². The molecule has 0 unspecified atom stereocenters. The van der Waals surface area contributed by atoms with Crippen molar-refractivity contribution in [1.29, 1.82) is 0 Å². The van der Waals surface area contributed by atoms with Crippen molar-refractivity contribution in [3.63, 3.8) is 0 Å². The molecule has 124 valence electrons. The van der Waals surface area contributed by atoms with Crippen LogP contribution in [0.4, 0.5) is 0 Å². The Labute approximate surface area is 146 Å². The Morgan fingerprint density at radius 3 is 2.84 bits per heavy atom. The van der Waals surface area contributed by atoms with Gasteiger partial charge in [-0.05, 0) is 29.0 Å². The third-order valence-corrected chi connectivity index (χ3v) is 4.06. The first-order valence-corrected chi connectivity index (χ1v) is 7.83. The second kappa shape index (κ2) is 6.33. The van der Waals surface area contributed by atoms with Crippen LogP contribution in [0.2, 0.25) is 5.02 Å². The molecule has 0 radical (unpaired) electrons. The lowest BCUT2D eigenvalue weighted by Crippen LogP contribution is -2.14. The molecular weight excluding hydrogens is 342 g/mol. The van der Waals surface area contributed by atoms with Crippen LogP contribution in [0.1, 0.15) is 11.3 Å². The van der Waals surface area contributed by atoms with Crippen LogP contribution in [0.15, 0.2) is 53.5 Å². The first-order valence-electron chi connectivity index (χ1n) is 7.45. The molecule has 0 saturated heterocycles. The van der Waals surface area contributed by atoms with Crippen molar-refractivity contribution < 1.29 is 0 Å². The van der Waals surface area contributed by atoms with Gasteiger partial charge in [0.15, 0.2) is 5.82 Å². The maximum atomic E-state index is 12.3. The molecule has 8 nitrogen and oxygen atoms in total. The molecule has 25 heavy (non-hydrogen) atoms. The molecule has 4 aromatic rings.